The van der Waals surface area contributed by atoms with Crippen LogP contribution in [-0.2, 0) is 11.2 Å². The van der Waals surface area contributed by atoms with E-state index < -0.39 is 11.6 Å². The quantitative estimate of drug-likeness (QED) is 0.462. The number of aryl methyl sites for hydroxylation is 2. The maximum absolute atomic E-state index is 14.3. The third-order valence-electron chi connectivity index (χ3n) is 5.46. The van der Waals surface area contributed by atoms with Gasteiger partial charge in [-0.2, -0.15) is 5.10 Å². The van der Waals surface area contributed by atoms with Gasteiger partial charge in [-0.1, -0.05) is 6.92 Å². The Morgan fingerprint density at radius 1 is 1.24 bits per heavy atom. The van der Waals surface area contributed by atoms with Crippen LogP contribution >= 0.6 is 11.3 Å². The molecule has 0 aliphatic heterocycles. The molecule has 0 saturated heterocycles. The van der Waals surface area contributed by atoms with E-state index in [-0.39, 0.29) is 35.2 Å². The van der Waals surface area contributed by atoms with Crippen LogP contribution in [0.5, 0.6) is 0 Å². The van der Waals surface area contributed by atoms with Gasteiger partial charge in [-0.3, -0.25) is 14.0 Å². The molecule has 4 aromatic rings. The largest absolute Gasteiger partial charge is 0.353 e. The number of amides is 1. The Morgan fingerprint density at radius 2 is 2.00 bits per heavy atom. The van der Waals surface area contributed by atoms with E-state index >= 15 is 0 Å². The zero-order chi connectivity index (χ0) is 23.9. The molecule has 0 spiro atoms. The predicted octanol–water partition coefficient (Wildman–Crippen LogP) is 3.96. The van der Waals surface area contributed by atoms with Gasteiger partial charge in [-0.05, 0) is 45.4 Å². The van der Waals surface area contributed by atoms with Crippen LogP contribution in [-0.4, -0.2) is 31.1 Å². The van der Waals surface area contributed by atoms with Gasteiger partial charge < -0.3 is 5.32 Å². The van der Waals surface area contributed by atoms with Gasteiger partial charge in [0.25, 0.3) is 5.56 Å². The minimum Gasteiger partial charge on any atom is -0.353 e. The summed E-state index contributed by atoms with van der Waals surface area (Å²) in [5.41, 5.74) is 1.63. The van der Waals surface area contributed by atoms with Crippen LogP contribution in [0.15, 0.2) is 34.4 Å². The summed E-state index contributed by atoms with van der Waals surface area (Å²) in [7, 11) is 0. The van der Waals surface area contributed by atoms with E-state index in [4.69, 9.17) is 0 Å². The summed E-state index contributed by atoms with van der Waals surface area (Å²) in [4.78, 5) is 30.9. The van der Waals surface area contributed by atoms with Crippen LogP contribution in [0.25, 0.3) is 21.9 Å². The van der Waals surface area contributed by atoms with E-state index in [1.807, 2.05) is 13.8 Å². The van der Waals surface area contributed by atoms with Crippen molar-refractivity contribution in [1.29, 1.82) is 0 Å². The molecule has 3 heterocycles. The molecular formula is C23H23F2N5O2S. The SMILES string of the molecule is CC[C@@H](C)NC(=O)Cc1csc2nc(C)c(-c3cc(C)n(-c4cc(F)ccc4F)n3)c(=O)n12. The van der Waals surface area contributed by atoms with Crippen LogP contribution in [0.2, 0.25) is 0 Å². The maximum Gasteiger partial charge on any atom is 0.268 e. The van der Waals surface area contributed by atoms with Gasteiger partial charge in [-0.25, -0.2) is 18.4 Å². The van der Waals surface area contributed by atoms with Crippen LogP contribution in [0.3, 0.4) is 0 Å². The number of nitrogens with one attached hydrogen (secondary N) is 1. The molecule has 0 bridgehead atoms. The number of benzene rings is 1. The summed E-state index contributed by atoms with van der Waals surface area (Å²) < 4.78 is 30.7. The molecule has 1 N–H and O–H groups in total. The van der Waals surface area contributed by atoms with Crippen LogP contribution < -0.4 is 10.9 Å². The van der Waals surface area contributed by atoms with Crippen molar-refractivity contribution in [2.24, 2.45) is 0 Å². The van der Waals surface area contributed by atoms with Gasteiger partial charge in [0, 0.05) is 28.9 Å². The van der Waals surface area contributed by atoms with Crippen LogP contribution in [0, 0.1) is 25.5 Å². The van der Waals surface area contributed by atoms with Crippen molar-refractivity contribution in [3.8, 4) is 16.9 Å². The molecule has 0 fully saturated rings. The molecule has 7 nitrogen and oxygen atoms in total. The van der Waals surface area contributed by atoms with Crippen molar-refractivity contribution >= 4 is 22.2 Å². The van der Waals surface area contributed by atoms with E-state index in [0.717, 1.165) is 24.6 Å². The number of rotatable bonds is 6. The molecule has 172 valence electrons. The van der Waals surface area contributed by atoms with Gasteiger partial charge in [0.05, 0.1) is 17.7 Å². The summed E-state index contributed by atoms with van der Waals surface area (Å²) in [5.74, 6) is -1.41. The standard InChI is InChI=1S/C23H23F2N5O2S/c1-5-12(2)26-20(31)10-16-11-33-23-27-14(4)21(22(32)29(16)23)18-8-13(3)30(28-18)19-9-15(24)6-7-17(19)25/h6-9,11-12H,5,10H2,1-4H3,(H,26,31)/t12-/m1/s1. The highest BCUT2D eigenvalue weighted by Crippen LogP contribution is 2.24. The summed E-state index contributed by atoms with van der Waals surface area (Å²) in [6.45, 7) is 7.28. The van der Waals surface area contributed by atoms with Gasteiger partial charge in [0.2, 0.25) is 5.91 Å². The minimum absolute atomic E-state index is 0.0326. The Morgan fingerprint density at radius 3 is 2.73 bits per heavy atom. The van der Waals surface area contributed by atoms with Gasteiger partial charge in [0.15, 0.2) is 4.96 Å². The lowest BCUT2D eigenvalue weighted by molar-refractivity contribution is -0.121. The highest BCUT2D eigenvalue weighted by Gasteiger charge is 2.21. The molecule has 0 saturated carbocycles. The molecule has 1 aromatic carbocycles. The molecule has 1 amide bonds. The molecule has 33 heavy (non-hydrogen) atoms. The molecule has 3 aromatic heterocycles. The van der Waals surface area contributed by atoms with E-state index in [1.54, 1.807) is 25.3 Å². The fourth-order valence-electron chi connectivity index (χ4n) is 3.61. The Labute approximate surface area is 192 Å². The topological polar surface area (TPSA) is 81.3 Å². The first-order valence-corrected chi connectivity index (χ1v) is 11.4. The Kier molecular flexibility index (Phi) is 6.11. The van der Waals surface area contributed by atoms with Gasteiger partial charge >= 0.3 is 0 Å². The van der Waals surface area contributed by atoms with E-state index in [0.29, 0.717) is 27.7 Å². The number of hydrogen-bond acceptors (Lipinski definition) is 5. The number of carbonyl (C=O) groups excluding carboxylic acids is 1. The second kappa shape index (κ2) is 8.86. The van der Waals surface area contributed by atoms with E-state index in [9.17, 15) is 18.4 Å². The third-order valence-corrected chi connectivity index (χ3v) is 6.34. The van der Waals surface area contributed by atoms with Crippen LogP contribution in [0.4, 0.5) is 8.78 Å². The van der Waals surface area contributed by atoms with Crippen molar-refractivity contribution < 1.29 is 13.6 Å². The van der Waals surface area contributed by atoms with Crippen molar-refractivity contribution in [3.05, 3.63) is 68.7 Å². The number of fused-ring (bicyclic) bond motifs is 1. The Bertz CT molecular complexity index is 1420. The zero-order valence-corrected chi connectivity index (χ0v) is 19.5. The average Bonchev–Trinajstić information content (AvgIpc) is 3.33. The number of aromatic nitrogens is 4. The number of hydrogen-bond donors (Lipinski definition) is 1. The lowest BCUT2D eigenvalue weighted by Gasteiger charge is -2.11. The second-order valence-electron chi connectivity index (χ2n) is 7.95. The first kappa shape index (κ1) is 22.8. The normalized spacial score (nSPS) is 12.3. The smallest absolute Gasteiger partial charge is 0.268 e. The van der Waals surface area contributed by atoms with E-state index in [1.165, 1.54) is 20.4 Å². The summed E-state index contributed by atoms with van der Waals surface area (Å²) in [6, 6.07) is 4.77. The predicted molar refractivity (Wildman–Crippen MR) is 123 cm³/mol. The molecule has 0 aliphatic carbocycles. The average molecular weight is 472 g/mol. The van der Waals surface area contributed by atoms with Crippen molar-refractivity contribution in [1.82, 2.24) is 24.5 Å². The van der Waals surface area contributed by atoms with Crippen molar-refractivity contribution in [2.45, 2.75) is 46.6 Å². The monoisotopic (exact) mass is 471 g/mol. The maximum atomic E-state index is 14.3. The lowest BCUT2D eigenvalue weighted by atomic mass is 10.1. The molecule has 4 rings (SSSR count). The van der Waals surface area contributed by atoms with Crippen molar-refractivity contribution in [3.63, 3.8) is 0 Å². The second-order valence-corrected chi connectivity index (χ2v) is 8.79. The number of thiazole rings is 1. The zero-order valence-electron chi connectivity index (χ0n) is 18.6. The van der Waals surface area contributed by atoms with Crippen molar-refractivity contribution in [2.75, 3.05) is 0 Å². The molecule has 1 atom stereocenters. The van der Waals surface area contributed by atoms with E-state index in [2.05, 4.69) is 15.4 Å². The van der Waals surface area contributed by atoms with Crippen LogP contribution in [0.1, 0.15) is 37.4 Å². The fraction of sp³-hybridized carbons (Fsp3) is 0.304. The fourth-order valence-corrected chi connectivity index (χ4v) is 4.53. The molecular weight excluding hydrogens is 448 g/mol. The summed E-state index contributed by atoms with van der Waals surface area (Å²) >= 11 is 1.28. The lowest BCUT2D eigenvalue weighted by Crippen LogP contribution is -2.34. The molecule has 0 aliphatic rings. The molecule has 0 radical (unpaired) electrons. The highest BCUT2D eigenvalue weighted by atomic mass is 32.1. The minimum atomic E-state index is -0.636. The first-order chi connectivity index (χ1) is 15.7. The highest BCUT2D eigenvalue weighted by molar-refractivity contribution is 7.15. The molecule has 0 unspecified atom stereocenters. The summed E-state index contributed by atoms with van der Waals surface area (Å²) in [5, 5.41) is 9.03. The number of carbonyl (C=O) groups is 1. The Balaban J connectivity index is 1.80. The first-order valence-electron chi connectivity index (χ1n) is 10.5. The molecule has 10 heteroatoms. The Hall–Kier alpha value is -3.40. The van der Waals surface area contributed by atoms with Gasteiger partial charge in [0.1, 0.15) is 23.0 Å². The summed E-state index contributed by atoms with van der Waals surface area (Å²) in [6.07, 6.45) is 0.839. The van der Waals surface area contributed by atoms with Gasteiger partial charge in [-0.15, -0.1) is 11.3 Å². The third kappa shape index (κ3) is 4.30. The number of halogens is 2. The number of nitrogens with zero attached hydrogens (tertiary/aromatic N) is 4.